The minimum Gasteiger partial charge on any atom is -0.312 e. The molecule has 110 valence electrons. The van der Waals surface area contributed by atoms with Gasteiger partial charge in [-0.2, -0.15) is 0 Å². The minimum atomic E-state index is 0.169. The van der Waals surface area contributed by atoms with E-state index < -0.39 is 0 Å². The fraction of sp³-hybridized carbons (Fsp3) is 0.312. The highest BCUT2D eigenvalue weighted by atomic mass is 35.5. The first-order valence-electron chi connectivity index (χ1n) is 6.96. The van der Waals surface area contributed by atoms with Gasteiger partial charge in [-0.25, -0.2) is 0 Å². The molecule has 0 saturated heterocycles. The monoisotopic (exact) mass is 339 g/mol. The summed E-state index contributed by atoms with van der Waals surface area (Å²) in [6.45, 7) is 0.790. The molecule has 21 heavy (non-hydrogen) atoms. The molecule has 0 aliphatic carbocycles. The third-order valence-corrected chi connectivity index (χ3v) is 5.20. The molecule has 0 unspecified atom stereocenters. The van der Waals surface area contributed by atoms with Crippen LogP contribution in [0.25, 0.3) is 0 Å². The lowest BCUT2D eigenvalue weighted by Crippen LogP contribution is -2.35. The number of fused-ring (bicyclic) bond motifs is 1. The summed E-state index contributed by atoms with van der Waals surface area (Å²) in [7, 11) is 0. The van der Waals surface area contributed by atoms with Crippen molar-refractivity contribution in [1.82, 2.24) is 0 Å². The molecule has 0 fully saturated rings. The van der Waals surface area contributed by atoms with Crippen LogP contribution in [0.2, 0.25) is 9.36 Å². The fourth-order valence-corrected chi connectivity index (χ4v) is 3.96. The number of nitrogens with zero attached hydrogens (tertiary/aromatic N) is 1. The lowest BCUT2D eigenvalue weighted by molar-refractivity contribution is -0.118. The Balaban J connectivity index is 1.71. The van der Waals surface area contributed by atoms with Crippen LogP contribution in [0.4, 0.5) is 5.69 Å². The molecule has 1 amide bonds. The van der Waals surface area contributed by atoms with Crippen LogP contribution in [0.1, 0.15) is 23.3 Å². The van der Waals surface area contributed by atoms with Crippen molar-refractivity contribution in [3.8, 4) is 0 Å². The number of carbonyl (C=O) groups is 1. The summed E-state index contributed by atoms with van der Waals surface area (Å²) in [5.74, 6) is 0.169. The third kappa shape index (κ3) is 3.42. The van der Waals surface area contributed by atoms with Gasteiger partial charge in [0.1, 0.15) is 0 Å². The van der Waals surface area contributed by atoms with Crippen molar-refractivity contribution in [1.29, 1.82) is 0 Å². The maximum atomic E-state index is 12.5. The van der Waals surface area contributed by atoms with Gasteiger partial charge >= 0.3 is 0 Å². The Bertz CT molecular complexity index is 668. The Labute approximate surface area is 138 Å². The number of hydrogen-bond donors (Lipinski definition) is 0. The molecule has 1 aromatic carbocycles. The van der Waals surface area contributed by atoms with Crippen molar-refractivity contribution in [3.63, 3.8) is 0 Å². The Hall–Kier alpha value is -1.03. The van der Waals surface area contributed by atoms with Gasteiger partial charge in [0.15, 0.2) is 0 Å². The van der Waals surface area contributed by atoms with Crippen LogP contribution < -0.4 is 4.90 Å². The number of anilines is 1. The number of amides is 1. The molecular formula is C16H15Cl2NOS. The van der Waals surface area contributed by atoms with Gasteiger partial charge < -0.3 is 4.90 Å². The predicted molar refractivity (Wildman–Crippen MR) is 89.8 cm³/mol. The molecular weight excluding hydrogens is 325 g/mol. The van der Waals surface area contributed by atoms with Gasteiger partial charge in [0.2, 0.25) is 5.91 Å². The maximum Gasteiger partial charge on any atom is 0.227 e. The van der Waals surface area contributed by atoms with E-state index in [1.54, 1.807) is 11.3 Å². The SMILES string of the molecule is O=C(CCc1ccc(Cl)s1)N1CCCc2cc(Cl)ccc21. The lowest BCUT2D eigenvalue weighted by Gasteiger charge is -2.29. The van der Waals surface area contributed by atoms with Crippen molar-refractivity contribution < 1.29 is 4.79 Å². The number of benzene rings is 1. The van der Waals surface area contributed by atoms with Crippen molar-refractivity contribution in [2.75, 3.05) is 11.4 Å². The molecule has 0 atom stereocenters. The molecule has 0 radical (unpaired) electrons. The molecule has 0 saturated carbocycles. The highest BCUT2D eigenvalue weighted by Gasteiger charge is 2.22. The van der Waals surface area contributed by atoms with Gasteiger partial charge in [-0.3, -0.25) is 4.79 Å². The van der Waals surface area contributed by atoms with E-state index in [0.717, 1.165) is 45.7 Å². The highest BCUT2D eigenvalue weighted by molar-refractivity contribution is 7.16. The zero-order valence-corrected chi connectivity index (χ0v) is 13.8. The topological polar surface area (TPSA) is 20.3 Å². The van der Waals surface area contributed by atoms with Crippen LogP contribution in [0.15, 0.2) is 30.3 Å². The first-order valence-corrected chi connectivity index (χ1v) is 8.54. The Morgan fingerprint density at radius 1 is 1.24 bits per heavy atom. The number of thiophene rings is 1. The van der Waals surface area contributed by atoms with Crippen LogP contribution in [0.5, 0.6) is 0 Å². The van der Waals surface area contributed by atoms with E-state index in [4.69, 9.17) is 23.2 Å². The van der Waals surface area contributed by atoms with Crippen LogP contribution in [0, 0.1) is 0 Å². The fourth-order valence-electron chi connectivity index (χ4n) is 2.68. The number of aryl methyl sites for hydroxylation is 2. The van der Waals surface area contributed by atoms with E-state index in [0.29, 0.717) is 6.42 Å². The molecule has 3 rings (SSSR count). The van der Waals surface area contributed by atoms with E-state index in [2.05, 4.69) is 0 Å². The smallest absolute Gasteiger partial charge is 0.227 e. The van der Waals surface area contributed by atoms with Crippen molar-refractivity contribution in [2.24, 2.45) is 0 Å². The Kier molecular flexibility index (Phi) is 4.53. The second-order valence-electron chi connectivity index (χ2n) is 5.13. The van der Waals surface area contributed by atoms with Gasteiger partial charge in [0, 0.05) is 28.6 Å². The average molecular weight is 340 g/mol. The quantitative estimate of drug-likeness (QED) is 0.773. The van der Waals surface area contributed by atoms with Crippen molar-refractivity contribution in [2.45, 2.75) is 25.7 Å². The van der Waals surface area contributed by atoms with Gasteiger partial charge in [0.05, 0.1) is 4.34 Å². The van der Waals surface area contributed by atoms with Gasteiger partial charge in [-0.05, 0) is 55.2 Å². The van der Waals surface area contributed by atoms with Gasteiger partial charge in [0.25, 0.3) is 0 Å². The van der Waals surface area contributed by atoms with Gasteiger partial charge in [-0.15, -0.1) is 11.3 Å². The number of hydrogen-bond acceptors (Lipinski definition) is 2. The normalized spacial score (nSPS) is 14.1. The molecule has 0 N–H and O–H groups in total. The molecule has 2 nitrogen and oxygen atoms in total. The van der Waals surface area contributed by atoms with E-state index in [9.17, 15) is 4.79 Å². The van der Waals surface area contributed by atoms with Crippen molar-refractivity contribution >= 4 is 46.1 Å². The minimum absolute atomic E-state index is 0.169. The molecule has 2 heterocycles. The standard InChI is InChI=1S/C16H15Cl2NOS/c17-12-3-6-14-11(10-12)2-1-9-19(14)16(20)8-5-13-4-7-15(18)21-13/h3-4,6-7,10H,1-2,5,8-9H2. The Morgan fingerprint density at radius 3 is 2.86 bits per heavy atom. The van der Waals surface area contributed by atoms with Gasteiger partial charge in [-0.1, -0.05) is 23.2 Å². The van der Waals surface area contributed by atoms with Crippen LogP contribution in [-0.2, 0) is 17.6 Å². The second-order valence-corrected chi connectivity index (χ2v) is 7.36. The summed E-state index contributed by atoms with van der Waals surface area (Å²) in [6, 6.07) is 9.64. The molecule has 0 bridgehead atoms. The average Bonchev–Trinajstić information content (AvgIpc) is 2.89. The molecule has 2 aromatic rings. The second kappa shape index (κ2) is 6.39. The van der Waals surface area contributed by atoms with Crippen molar-refractivity contribution in [3.05, 3.63) is 50.1 Å². The molecule has 5 heteroatoms. The summed E-state index contributed by atoms with van der Waals surface area (Å²) >= 11 is 13.5. The molecule has 1 aliphatic rings. The third-order valence-electron chi connectivity index (χ3n) is 3.68. The van der Waals surface area contributed by atoms with E-state index in [1.165, 1.54) is 5.56 Å². The zero-order valence-electron chi connectivity index (χ0n) is 11.4. The van der Waals surface area contributed by atoms with E-state index in [-0.39, 0.29) is 5.91 Å². The zero-order chi connectivity index (χ0) is 14.8. The lowest BCUT2D eigenvalue weighted by atomic mass is 10.0. The largest absolute Gasteiger partial charge is 0.312 e. The first-order chi connectivity index (χ1) is 10.1. The molecule has 1 aromatic heterocycles. The summed E-state index contributed by atoms with van der Waals surface area (Å²) in [6.07, 6.45) is 3.23. The maximum absolute atomic E-state index is 12.5. The van der Waals surface area contributed by atoms with E-state index >= 15 is 0 Å². The summed E-state index contributed by atoms with van der Waals surface area (Å²) in [5.41, 5.74) is 2.18. The van der Waals surface area contributed by atoms with Crippen LogP contribution in [0.3, 0.4) is 0 Å². The predicted octanol–water partition coefficient (Wildman–Crippen LogP) is 4.97. The van der Waals surface area contributed by atoms with Crippen LogP contribution >= 0.6 is 34.5 Å². The summed E-state index contributed by atoms with van der Waals surface area (Å²) < 4.78 is 0.774. The molecule has 1 aliphatic heterocycles. The molecule has 0 spiro atoms. The number of rotatable bonds is 3. The number of halogens is 2. The Morgan fingerprint density at radius 2 is 2.10 bits per heavy atom. The highest BCUT2D eigenvalue weighted by Crippen LogP contribution is 2.30. The number of carbonyl (C=O) groups excluding carboxylic acids is 1. The van der Waals surface area contributed by atoms with E-state index in [1.807, 2.05) is 35.2 Å². The van der Waals surface area contributed by atoms with Crippen LogP contribution in [-0.4, -0.2) is 12.5 Å². The summed E-state index contributed by atoms with van der Waals surface area (Å²) in [5, 5.41) is 0.733. The first kappa shape index (κ1) is 14.9. The summed E-state index contributed by atoms with van der Waals surface area (Å²) in [4.78, 5) is 15.5.